The maximum atomic E-state index is 12.2. The number of hydrogen-bond donors (Lipinski definition) is 2. The zero-order chi connectivity index (χ0) is 17.2. The van der Waals surface area contributed by atoms with Gasteiger partial charge in [0.1, 0.15) is 0 Å². The molecule has 1 fully saturated rings. The zero-order valence-corrected chi connectivity index (χ0v) is 14.9. The standard InChI is InChI=1S/C17H24N4O2S/c1-3-19-24(22,23)16-7-8-21(12-16)11-15-10-18-20-17(15)14-6-4-5-13(2)9-14/h4-6,9-10,16,19H,3,7-8,11-12H2,1-2H3,(H,18,20)/t16-/m0/s1. The van der Waals surface area contributed by atoms with E-state index in [1.54, 1.807) is 0 Å². The lowest BCUT2D eigenvalue weighted by atomic mass is 10.1. The van der Waals surface area contributed by atoms with E-state index in [1.165, 1.54) is 5.56 Å². The lowest BCUT2D eigenvalue weighted by Gasteiger charge is -2.16. The molecule has 7 heteroatoms. The zero-order valence-electron chi connectivity index (χ0n) is 14.1. The van der Waals surface area contributed by atoms with Crippen LogP contribution in [0.4, 0.5) is 0 Å². The van der Waals surface area contributed by atoms with Crippen LogP contribution in [0, 0.1) is 6.92 Å². The molecule has 2 N–H and O–H groups in total. The summed E-state index contributed by atoms with van der Waals surface area (Å²) in [6, 6.07) is 8.28. The molecular weight excluding hydrogens is 324 g/mol. The number of nitrogens with one attached hydrogen (secondary N) is 2. The van der Waals surface area contributed by atoms with Crippen molar-refractivity contribution in [3.8, 4) is 11.3 Å². The summed E-state index contributed by atoms with van der Waals surface area (Å²) >= 11 is 0. The van der Waals surface area contributed by atoms with Crippen molar-refractivity contribution in [2.45, 2.75) is 32.1 Å². The van der Waals surface area contributed by atoms with Crippen LogP contribution in [0.3, 0.4) is 0 Å². The number of hydrogen-bond acceptors (Lipinski definition) is 4. The second kappa shape index (κ2) is 7.04. The average Bonchev–Trinajstić information content (AvgIpc) is 3.17. The molecule has 0 amide bonds. The molecule has 2 heterocycles. The molecule has 0 saturated carbocycles. The molecule has 0 aliphatic carbocycles. The van der Waals surface area contributed by atoms with Crippen LogP contribution in [-0.2, 0) is 16.6 Å². The number of H-pyrrole nitrogens is 1. The fourth-order valence-corrected chi connectivity index (χ4v) is 4.70. The fraction of sp³-hybridized carbons (Fsp3) is 0.471. The molecule has 2 aromatic rings. The quantitative estimate of drug-likeness (QED) is 0.836. The van der Waals surface area contributed by atoms with Gasteiger partial charge < -0.3 is 0 Å². The fourth-order valence-electron chi connectivity index (χ4n) is 3.24. The molecule has 1 aromatic heterocycles. The third-order valence-electron chi connectivity index (χ3n) is 4.43. The van der Waals surface area contributed by atoms with E-state index in [1.807, 2.05) is 19.2 Å². The molecule has 6 nitrogen and oxygen atoms in total. The van der Waals surface area contributed by atoms with Crippen LogP contribution in [0.25, 0.3) is 11.3 Å². The van der Waals surface area contributed by atoms with Gasteiger partial charge in [-0.3, -0.25) is 10.00 Å². The van der Waals surface area contributed by atoms with Gasteiger partial charge in [-0.15, -0.1) is 0 Å². The minimum Gasteiger partial charge on any atom is -0.298 e. The first-order chi connectivity index (χ1) is 11.5. The monoisotopic (exact) mass is 348 g/mol. The minimum atomic E-state index is -3.20. The number of aromatic nitrogens is 2. The van der Waals surface area contributed by atoms with E-state index in [-0.39, 0.29) is 5.25 Å². The van der Waals surface area contributed by atoms with Crippen molar-refractivity contribution < 1.29 is 8.42 Å². The van der Waals surface area contributed by atoms with Crippen LogP contribution in [0.2, 0.25) is 0 Å². The van der Waals surface area contributed by atoms with E-state index < -0.39 is 10.0 Å². The molecule has 3 rings (SSSR count). The van der Waals surface area contributed by atoms with Crippen LogP contribution in [0.5, 0.6) is 0 Å². The maximum absolute atomic E-state index is 12.2. The summed E-state index contributed by atoms with van der Waals surface area (Å²) in [6.07, 6.45) is 2.51. The highest BCUT2D eigenvalue weighted by atomic mass is 32.2. The predicted octanol–water partition coefficient (Wildman–Crippen LogP) is 1.90. The summed E-state index contributed by atoms with van der Waals surface area (Å²) in [5.41, 5.74) is 4.42. The Morgan fingerprint density at radius 2 is 2.25 bits per heavy atom. The van der Waals surface area contributed by atoms with Crippen LogP contribution in [0.1, 0.15) is 24.5 Å². The third kappa shape index (κ3) is 3.68. The first kappa shape index (κ1) is 17.1. The molecule has 0 bridgehead atoms. The highest BCUT2D eigenvalue weighted by Crippen LogP contribution is 2.25. The lowest BCUT2D eigenvalue weighted by molar-refractivity contribution is 0.331. The van der Waals surface area contributed by atoms with Gasteiger partial charge in [-0.2, -0.15) is 5.10 Å². The Labute approximate surface area is 143 Å². The molecule has 1 saturated heterocycles. The Kier molecular flexibility index (Phi) is 5.03. The molecular formula is C17H24N4O2S. The summed E-state index contributed by atoms with van der Waals surface area (Å²) < 4.78 is 26.9. The van der Waals surface area contributed by atoms with Crippen molar-refractivity contribution >= 4 is 10.0 Å². The van der Waals surface area contributed by atoms with Gasteiger partial charge in [0.05, 0.1) is 17.1 Å². The number of aromatic amines is 1. The third-order valence-corrected chi connectivity index (χ3v) is 6.39. The lowest BCUT2D eigenvalue weighted by Crippen LogP contribution is -2.36. The van der Waals surface area contributed by atoms with Gasteiger partial charge in [-0.1, -0.05) is 30.7 Å². The SMILES string of the molecule is CCNS(=O)(=O)[C@H]1CCN(Cc2cn[nH]c2-c2cccc(C)c2)C1. The number of rotatable bonds is 6. The van der Waals surface area contributed by atoms with Crippen LogP contribution >= 0.6 is 0 Å². The van der Waals surface area contributed by atoms with E-state index in [0.717, 1.165) is 23.4 Å². The van der Waals surface area contributed by atoms with Crippen LogP contribution in [-0.4, -0.2) is 48.4 Å². The smallest absolute Gasteiger partial charge is 0.215 e. The Hall–Kier alpha value is -1.70. The van der Waals surface area contributed by atoms with Crippen molar-refractivity contribution in [3.05, 3.63) is 41.6 Å². The predicted molar refractivity (Wildman–Crippen MR) is 95.0 cm³/mol. The molecule has 1 aliphatic heterocycles. The van der Waals surface area contributed by atoms with E-state index >= 15 is 0 Å². The Morgan fingerprint density at radius 3 is 3.00 bits per heavy atom. The Balaban J connectivity index is 1.72. The molecule has 1 aliphatic rings. The van der Waals surface area contributed by atoms with Gasteiger partial charge in [0.2, 0.25) is 10.0 Å². The number of aryl methyl sites for hydroxylation is 1. The second-order valence-corrected chi connectivity index (χ2v) is 8.37. The number of sulfonamides is 1. The van der Waals surface area contributed by atoms with E-state index in [9.17, 15) is 8.42 Å². The first-order valence-corrected chi connectivity index (χ1v) is 9.84. The summed E-state index contributed by atoms with van der Waals surface area (Å²) in [5.74, 6) is 0. The molecule has 24 heavy (non-hydrogen) atoms. The Bertz CT molecular complexity index is 800. The largest absolute Gasteiger partial charge is 0.298 e. The maximum Gasteiger partial charge on any atom is 0.215 e. The average molecular weight is 348 g/mol. The molecule has 0 radical (unpaired) electrons. The minimum absolute atomic E-state index is 0.327. The van der Waals surface area contributed by atoms with Crippen molar-refractivity contribution in [2.75, 3.05) is 19.6 Å². The summed E-state index contributed by atoms with van der Waals surface area (Å²) in [6.45, 7) is 6.37. The first-order valence-electron chi connectivity index (χ1n) is 8.29. The van der Waals surface area contributed by atoms with Crippen molar-refractivity contribution in [2.24, 2.45) is 0 Å². The molecule has 1 aromatic carbocycles. The van der Waals surface area contributed by atoms with Crippen LogP contribution in [0.15, 0.2) is 30.5 Å². The number of benzene rings is 1. The van der Waals surface area contributed by atoms with Gasteiger partial charge in [-0.25, -0.2) is 13.1 Å². The van der Waals surface area contributed by atoms with E-state index in [4.69, 9.17) is 0 Å². The van der Waals surface area contributed by atoms with Crippen molar-refractivity contribution in [1.82, 2.24) is 19.8 Å². The summed E-state index contributed by atoms with van der Waals surface area (Å²) in [5, 5.41) is 6.94. The normalized spacial score (nSPS) is 19.0. The van der Waals surface area contributed by atoms with E-state index in [0.29, 0.717) is 26.1 Å². The van der Waals surface area contributed by atoms with Gasteiger partial charge in [-0.05, 0) is 26.0 Å². The Morgan fingerprint density at radius 1 is 1.42 bits per heavy atom. The number of likely N-dealkylation sites (tertiary alicyclic amines) is 1. The summed E-state index contributed by atoms with van der Waals surface area (Å²) in [7, 11) is -3.20. The molecule has 130 valence electrons. The molecule has 0 unspecified atom stereocenters. The number of nitrogens with zero attached hydrogens (tertiary/aromatic N) is 2. The van der Waals surface area contributed by atoms with Crippen LogP contribution < -0.4 is 4.72 Å². The van der Waals surface area contributed by atoms with Gasteiger partial charge >= 0.3 is 0 Å². The van der Waals surface area contributed by atoms with Crippen molar-refractivity contribution in [3.63, 3.8) is 0 Å². The highest BCUT2D eigenvalue weighted by molar-refractivity contribution is 7.90. The highest BCUT2D eigenvalue weighted by Gasteiger charge is 2.32. The van der Waals surface area contributed by atoms with Gasteiger partial charge in [0.15, 0.2) is 0 Å². The topological polar surface area (TPSA) is 78.1 Å². The van der Waals surface area contributed by atoms with Gasteiger partial charge in [0.25, 0.3) is 0 Å². The molecule has 0 spiro atoms. The van der Waals surface area contributed by atoms with E-state index in [2.05, 4.69) is 44.9 Å². The van der Waals surface area contributed by atoms with Crippen molar-refractivity contribution in [1.29, 1.82) is 0 Å². The second-order valence-electron chi connectivity index (χ2n) is 6.33. The molecule has 1 atom stereocenters. The van der Waals surface area contributed by atoms with Gasteiger partial charge in [0, 0.05) is 30.8 Å². The summed E-state index contributed by atoms with van der Waals surface area (Å²) in [4.78, 5) is 2.18.